The fraction of sp³-hybridized carbons (Fsp3) is 0.444. The number of carbonyl (C=O) groups is 1. The summed E-state index contributed by atoms with van der Waals surface area (Å²) in [5, 5.41) is 13.8. The van der Waals surface area contributed by atoms with Gasteiger partial charge < -0.3 is 5.11 Å². The van der Waals surface area contributed by atoms with Crippen molar-refractivity contribution in [3.63, 3.8) is 0 Å². The molecule has 3 nitrogen and oxygen atoms in total. The molecule has 0 fully saturated rings. The van der Waals surface area contributed by atoms with Crippen LogP contribution >= 0.6 is 11.3 Å². The molecule has 0 spiro atoms. The van der Waals surface area contributed by atoms with Gasteiger partial charge >= 0.3 is 5.97 Å². The molecule has 4 heteroatoms. The molecule has 1 heterocycles. The van der Waals surface area contributed by atoms with Crippen LogP contribution < -0.4 is 5.32 Å². The van der Waals surface area contributed by atoms with Crippen LogP contribution in [0.25, 0.3) is 0 Å². The van der Waals surface area contributed by atoms with Crippen LogP contribution in [-0.2, 0) is 11.3 Å². The van der Waals surface area contributed by atoms with Crippen LogP contribution in [0.4, 0.5) is 0 Å². The molecule has 0 atom stereocenters. The van der Waals surface area contributed by atoms with Crippen molar-refractivity contribution in [1.82, 2.24) is 5.32 Å². The van der Waals surface area contributed by atoms with Crippen molar-refractivity contribution >= 4 is 17.3 Å². The lowest BCUT2D eigenvalue weighted by Gasteiger charge is -2.20. The standard InChI is InChI=1S/C9H13NO2S/c1-9(2,8(11)12)10-6-7-4-3-5-13-7/h3-5,10H,6H2,1-2H3,(H,11,12). The zero-order valence-corrected chi connectivity index (χ0v) is 8.52. The molecule has 72 valence electrons. The zero-order chi connectivity index (χ0) is 9.90. The Hall–Kier alpha value is -0.870. The van der Waals surface area contributed by atoms with E-state index in [0.29, 0.717) is 6.54 Å². The molecule has 0 aromatic carbocycles. The number of carboxylic acid groups (broad SMARTS) is 1. The summed E-state index contributed by atoms with van der Waals surface area (Å²) in [6, 6.07) is 3.94. The molecule has 0 unspecified atom stereocenters. The molecule has 1 rings (SSSR count). The van der Waals surface area contributed by atoms with Gasteiger partial charge in [0.25, 0.3) is 0 Å². The van der Waals surface area contributed by atoms with Crippen LogP contribution in [0.5, 0.6) is 0 Å². The van der Waals surface area contributed by atoms with Crippen molar-refractivity contribution in [2.24, 2.45) is 0 Å². The third kappa shape index (κ3) is 2.82. The van der Waals surface area contributed by atoms with Crippen LogP contribution in [-0.4, -0.2) is 16.6 Å². The van der Waals surface area contributed by atoms with Gasteiger partial charge in [0.2, 0.25) is 0 Å². The number of carboxylic acids is 1. The predicted octanol–water partition coefficient (Wildman–Crippen LogP) is 1.70. The third-order valence-corrected chi connectivity index (χ3v) is 2.70. The molecule has 0 aliphatic carbocycles. The lowest BCUT2D eigenvalue weighted by Crippen LogP contribution is -2.45. The second-order valence-electron chi connectivity index (χ2n) is 3.36. The van der Waals surface area contributed by atoms with Gasteiger partial charge in [-0.15, -0.1) is 11.3 Å². The molecule has 1 aromatic rings. The molecule has 0 saturated heterocycles. The van der Waals surface area contributed by atoms with Crippen LogP contribution in [0, 0.1) is 0 Å². The summed E-state index contributed by atoms with van der Waals surface area (Å²) in [5.74, 6) is -0.830. The first kappa shape index (κ1) is 10.2. The summed E-state index contributed by atoms with van der Waals surface area (Å²) in [6.07, 6.45) is 0. The number of aliphatic carboxylic acids is 1. The van der Waals surface area contributed by atoms with Gasteiger partial charge in [0, 0.05) is 11.4 Å². The fourth-order valence-corrected chi connectivity index (χ4v) is 1.44. The quantitative estimate of drug-likeness (QED) is 0.776. The Morgan fingerprint density at radius 2 is 2.38 bits per heavy atom. The first-order valence-corrected chi connectivity index (χ1v) is 4.91. The summed E-state index contributed by atoms with van der Waals surface area (Å²) in [6.45, 7) is 3.92. The first-order valence-electron chi connectivity index (χ1n) is 4.03. The topological polar surface area (TPSA) is 49.3 Å². The molecular weight excluding hydrogens is 186 g/mol. The lowest BCUT2D eigenvalue weighted by molar-refractivity contribution is -0.143. The molecule has 1 aromatic heterocycles. The van der Waals surface area contributed by atoms with E-state index in [1.54, 1.807) is 25.2 Å². The van der Waals surface area contributed by atoms with E-state index in [4.69, 9.17) is 5.11 Å². The summed E-state index contributed by atoms with van der Waals surface area (Å²) in [4.78, 5) is 11.9. The third-order valence-electron chi connectivity index (χ3n) is 1.82. The highest BCUT2D eigenvalue weighted by molar-refractivity contribution is 7.09. The van der Waals surface area contributed by atoms with Gasteiger partial charge in [0.05, 0.1) is 0 Å². The smallest absolute Gasteiger partial charge is 0.323 e. The summed E-state index contributed by atoms with van der Waals surface area (Å²) in [5.41, 5.74) is -0.857. The first-order chi connectivity index (χ1) is 6.02. The SMILES string of the molecule is CC(C)(NCc1cccs1)C(=O)O. The van der Waals surface area contributed by atoms with Crippen LogP contribution in [0.1, 0.15) is 18.7 Å². The van der Waals surface area contributed by atoms with Crippen molar-refractivity contribution in [2.45, 2.75) is 25.9 Å². The predicted molar refractivity (Wildman–Crippen MR) is 52.9 cm³/mol. The van der Waals surface area contributed by atoms with Crippen molar-refractivity contribution in [3.05, 3.63) is 22.4 Å². The van der Waals surface area contributed by atoms with E-state index in [1.807, 2.05) is 17.5 Å². The zero-order valence-electron chi connectivity index (χ0n) is 7.70. The Morgan fingerprint density at radius 3 is 2.85 bits per heavy atom. The van der Waals surface area contributed by atoms with E-state index in [0.717, 1.165) is 4.88 Å². The van der Waals surface area contributed by atoms with Crippen LogP contribution in [0.3, 0.4) is 0 Å². The largest absolute Gasteiger partial charge is 0.480 e. The van der Waals surface area contributed by atoms with Crippen molar-refractivity contribution in [1.29, 1.82) is 0 Å². The number of nitrogens with one attached hydrogen (secondary N) is 1. The van der Waals surface area contributed by atoms with E-state index in [9.17, 15) is 4.79 Å². The highest BCUT2D eigenvalue weighted by Crippen LogP contribution is 2.10. The molecule has 0 aliphatic heterocycles. The van der Waals surface area contributed by atoms with E-state index in [-0.39, 0.29) is 0 Å². The number of rotatable bonds is 4. The van der Waals surface area contributed by atoms with Gasteiger partial charge in [-0.25, -0.2) is 0 Å². The molecule has 0 bridgehead atoms. The normalized spacial score (nSPS) is 11.5. The fourth-order valence-electron chi connectivity index (χ4n) is 0.797. The molecule has 13 heavy (non-hydrogen) atoms. The van der Waals surface area contributed by atoms with Gasteiger partial charge in [-0.1, -0.05) is 6.07 Å². The van der Waals surface area contributed by atoms with E-state index >= 15 is 0 Å². The summed E-state index contributed by atoms with van der Waals surface area (Å²) in [7, 11) is 0. The highest BCUT2D eigenvalue weighted by atomic mass is 32.1. The molecule has 0 amide bonds. The Labute approximate surface area is 81.4 Å². The molecule has 0 saturated carbocycles. The highest BCUT2D eigenvalue weighted by Gasteiger charge is 2.25. The van der Waals surface area contributed by atoms with Gasteiger partial charge in [0.15, 0.2) is 0 Å². The van der Waals surface area contributed by atoms with E-state index in [1.165, 1.54) is 0 Å². The average molecular weight is 199 g/mol. The summed E-state index contributed by atoms with van der Waals surface area (Å²) < 4.78 is 0. The number of hydrogen-bond acceptors (Lipinski definition) is 3. The summed E-state index contributed by atoms with van der Waals surface area (Å²) >= 11 is 1.62. The Bertz CT molecular complexity index is 280. The minimum absolute atomic E-state index is 0.608. The maximum atomic E-state index is 10.7. The van der Waals surface area contributed by atoms with Gasteiger partial charge in [-0.05, 0) is 25.3 Å². The molecular formula is C9H13NO2S. The number of thiophene rings is 1. The Balaban J connectivity index is 2.47. The monoisotopic (exact) mass is 199 g/mol. The maximum Gasteiger partial charge on any atom is 0.323 e. The van der Waals surface area contributed by atoms with Crippen molar-refractivity contribution in [3.8, 4) is 0 Å². The van der Waals surface area contributed by atoms with E-state index < -0.39 is 11.5 Å². The minimum atomic E-state index is -0.857. The van der Waals surface area contributed by atoms with Crippen LogP contribution in [0.15, 0.2) is 17.5 Å². The van der Waals surface area contributed by atoms with Crippen molar-refractivity contribution in [2.75, 3.05) is 0 Å². The Kier molecular flexibility index (Phi) is 3.06. The number of hydrogen-bond donors (Lipinski definition) is 2. The average Bonchev–Trinajstić information content (AvgIpc) is 2.52. The second-order valence-corrected chi connectivity index (χ2v) is 4.40. The van der Waals surface area contributed by atoms with Crippen molar-refractivity contribution < 1.29 is 9.90 Å². The van der Waals surface area contributed by atoms with E-state index in [2.05, 4.69) is 5.32 Å². The molecule has 0 aliphatic rings. The minimum Gasteiger partial charge on any atom is -0.480 e. The maximum absolute atomic E-state index is 10.7. The van der Waals surface area contributed by atoms with Gasteiger partial charge in [-0.3, -0.25) is 10.1 Å². The second kappa shape index (κ2) is 3.89. The molecule has 0 radical (unpaired) electrons. The van der Waals surface area contributed by atoms with Gasteiger partial charge in [0.1, 0.15) is 5.54 Å². The lowest BCUT2D eigenvalue weighted by atomic mass is 10.1. The van der Waals surface area contributed by atoms with Crippen LogP contribution in [0.2, 0.25) is 0 Å². The van der Waals surface area contributed by atoms with Gasteiger partial charge in [-0.2, -0.15) is 0 Å². The Morgan fingerprint density at radius 1 is 1.69 bits per heavy atom. The molecule has 2 N–H and O–H groups in total.